The van der Waals surface area contributed by atoms with Crippen LogP contribution in [0.4, 0.5) is 5.69 Å². The van der Waals surface area contributed by atoms with Crippen molar-refractivity contribution in [3.05, 3.63) is 94.1 Å². The lowest BCUT2D eigenvalue weighted by atomic mass is 9.94. The predicted octanol–water partition coefficient (Wildman–Crippen LogP) is 6.04. The number of ether oxygens (including phenoxy) is 2. The highest BCUT2D eigenvalue weighted by atomic mass is 16.5. The van der Waals surface area contributed by atoms with Crippen LogP contribution in [0.2, 0.25) is 0 Å². The minimum Gasteiger partial charge on any atom is -0.507 e. The molecule has 3 aromatic rings. The zero-order chi connectivity index (χ0) is 26.0. The summed E-state index contributed by atoms with van der Waals surface area (Å²) in [7, 11) is 1.54. The van der Waals surface area contributed by atoms with Crippen molar-refractivity contribution in [2.75, 3.05) is 18.6 Å². The Bertz CT molecular complexity index is 1360. The van der Waals surface area contributed by atoms with Gasteiger partial charge in [-0.25, -0.2) is 0 Å². The van der Waals surface area contributed by atoms with Crippen molar-refractivity contribution in [1.29, 1.82) is 0 Å². The molecule has 36 heavy (non-hydrogen) atoms. The van der Waals surface area contributed by atoms with E-state index >= 15 is 0 Å². The molecule has 1 heterocycles. The minimum absolute atomic E-state index is 0.0179. The first-order chi connectivity index (χ1) is 17.3. The third-order valence-corrected chi connectivity index (χ3v) is 6.56. The van der Waals surface area contributed by atoms with Crippen LogP contribution in [0, 0.1) is 20.8 Å². The van der Waals surface area contributed by atoms with E-state index in [0.717, 1.165) is 23.1 Å². The lowest BCUT2D eigenvalue weighted by Gasteiger charge is -2.27. The molecule has 0 spiro atoms. The number of aliphatic hydroxyl groups is 1. The van der Waals surface area contributed by atoms with Crippen LogP contribution in [0.1, 0.15) is 47.2 Å². The Hall–Kier alpha value is -4.06. The molecule has 1 amide bonds. The summed E-state index contributed by atoms with van der Waals surface area (Å²) in [6.07, 6.45) is 0.877. The van der Waals surface area contributed by atoms with Gasteiger partial charge >= 0.3 is 0 Å². The third kappa shape index (κ3) is 4.47. The number of para-hydroxylation sites is 1. The van der Waals surface area contributed by atoms with Gasteiger partial charge in [0.1, 0.15) is 17.3 Å². The standard InChI is InChI=1S/C30H31NO5/c1-6-15-36-24-14-12-21(16-20(24)4)28(32)26-27(23-9-7-8-10-25(23)35-5)31(30(34)29(26)33)22-13-11-18(2)19(3)17-22/h7-14,16-17,27,32H,6,15H2,1-5H3/b28-26+. The van der Waals surface area contributed by atoms with E-state index in [9.17, 15) is 14.7 Å². The van der Waals surface area contributed by atoms with Crippen molar-refractivity contribution in [2.45, 2.75) is 40.2 Å². The van der Waals surface area contributed by atoms with Crippen LogP contribution < -0.4 is 14.4 Å². The van der Waals surface area contributed by atoms with Gasteiger partial charge in [-0.1, -0.05) is 31.2 Å². The fourth-order valence-corrected chi connectivity index (χ4v) is 4.49. The van der Waals surface area contributed by atoms with Gasteiger partial charge in [0.2, 0.25) is 0 Å². The number of hydrogen-bond donors (Lipinski definition) is 1. The van der Waals surface area contributed by atoms with E-state index < -0.39 is 17.7 Å². The van der Waals surface area contributed by atoms with E-state index in [0.29, 0.717) is 34.9 Å². The molecule has 0 radical (unpaired) electrons. The number of ketones is 1. The van der Waals surface area contributed by atoms with Gasteiger partial charge in [0.05, 0.1) is 25.3 Å². The van der Waals surface area contributed by atoms with Crippen molar-refractivity contribution in [1.82, 2.24) is 0 Å². The monoisotopic (exact) mass is 485 g/mol. The van der Waals surface area contributed by atoms with E-state index in [1.165, 1.54) is 4.90 Å². The number of aliphatic hydroxyl groups excluding tert-OH is 1. The molecule has 1 unspecified atom stereocenters. The molecule has 1 saturated heterocycles. The largest absolute Gasteiger partial charge is 0.507 e. The summed E-state index contributed by atoms with van der Waals surface area (Å²) < 4.78 is 11.3. The van der Waals surface area contributed by atoms with Crippen LogP contribution in [-0.2, 0) is 9.59 Å². The minimum atomic E-state index is -0.861. The predicted molar refractivity (Wildman–Crippen MR) is 141 cm³/mol. The maximum absolute atomic E-state index is 13.5. The molecule has 3 aromatic carbocycles. The molecule has 186 valence electrons. The highest BCUT2D eigenvalue weighted by Crippen LogP contribution is 2.45. The Balaban J connectivity index is 1.92. The molecule has 1 fully saturated rings. The Morgan fingerprint density at radius 2 is 1.67 bits per heavy atom. The molecular formula is C30H31NO5. The number of carbonyl (C=O) groups is 2. The summed E-state index contributed by atoms with van der Waals surface area (Å²) in [5.74, 6) is -0.449. The summed E-state index contributed by atoms with van der Waals surface area (Å²) >= 11 is 0. The molecule has 4 rings (SSSR count). The molecule has 6 heteroatoms. The molecule has 0 saturated carbocycles. The van der Waals surface area contributed by atoms with Gasteiger partial charge < -0.3 is 14.6 Å². The van der Waals surface area contributed by atoms with Crippen molar-refractivity contribution >= 4 is 23.1 Å². The van der Waals surface area contributed by atoms with Gasteiger partial charge in [0.25, 0.3) is 11.7 Å². The molecular weight excluding hydrogens is 454 g/mol. The normalized spacial score (nSPS) is 16.9. The van der Waals surface area contributed by atoms with Crippen LogP contribution in [0.5, 0.6) is 11.5 Å². The zero-order valence-electron chi connectivity index (χ0n) is 21.3. The lowest BCUT2D eigenvalue weighted by Crippen LogP contribution is -2.29. The number of benzene rings is 3. The van der Waals surface area contributed by atoms with Crippen molar-refractivity contribution < 1.29 is 24.2 Å². The van der Waals surface area contributed by atoms with Crippen LogP contribution in [-0.4, -0.2) is 30.5 Å². The molecule has 6 nitrogen and oxygen atoms in total. The number of anilines is 1. The first-order valence-electron chi connectivity index (χ1n) is 12.0. The summed E-state index contributed by atoms with van der Waals surface area (Å²) in [6.45, 7) is 8.44. The maximum atomic E-state index is 13.5. The van der Waals surface area contributed by atoms with E-state index in [-0.39, 0.29) is 11.3 Å². The van der Waals surface area contributed by atoms with Gasteiger partial charge in [-0.05, 0) is 80.3 Å². The smallest absolute Gasteiger partial charge is 0.300 e. The highest BCUT2D eigenvalue weighted by Gasteiger charge is 2.48. The van der Waals surface area contributed by atoms with Crippen LogP contribution in [0.25, 0.3) is 5.76 Å². The van der Waals surface area contributed by atoms with Crippen molar-refractivity contribution in [3.8, 4) is 11.5 Å². The topological polar surface area (TPSA) is 76.1 Å². The van der Waals surface area contributed by atoms with Crippen LogP contribution >= 0.6 is 0 Å². The Morgan fingerprint density at radius 3 is 2.33 bits per heavy atom. The highest BCUT2D eigenvalue weighted by molar-refractivity contribution is 6.51. The SMILES string of the molecule is CCCOc1ccc(/C(O)=C2\C(=O)C(=O)N(c3ccc(C)c(C)c3)C2c2ccccc2OC)cc1C. The van der Waals surface area contributed by atoms with Gasteiger partial charge in [-0.2, -0.15) is 0 Å². The van der Waals surface area contributed by atoms with Gasteiger partial charge in [0, 0.05) is 16.8 Å². The summed E-state index contributed by atoms with van der Waals surface area (Å²) in [4.78, 5) is 28.3. The average Bonchev–Trinajstić information content (AvgIpc) is 3.14. The van der Waals surface area contributed by atoms with E-state index in [4.69, 9.17) is 9.47 Å². The third-order valence-electron chi connectivity index (χ3n) is 6.56. The Labute approximate surface area is 211 Å². The number of rotatable bonds is 7. The molecule has 1 aliphatic heterocycles. The van der Waals surface area contributed by atoms with Crippen LogP contribution in [0.15, 0.2) is 66.2 Å². The van der Waals surface area contributed by atoms with E-state index in [1.54, 1.807) is 31.4 Å². The second-order valence-electron chi connectivity index (χ2n) is 9.01. The summed E-state index contributed by atoms with van der Waals surface area (Å²) in [6, 6.07) is 17.2. The van der Waals surface area contributed by atoms with E-state index in [1.807, 2.05) is 64.1 Å². The number of amides is 1. The number of Topliss-reactive ketones (excluding diaryl/α,β-unsaturated/α-hetero) is 1. The van der Waals surface area contributed by atoms with Crippen molar-refractivity contribution in [2.24, 2.45) is 0 Å². The number of nitrogens with zero attached hydrogens (tertiary/aromatic N) is 1. The van der Waals surface area contributed by atoms with E-state index in [2.05, 4.69) is 0 Å². The molecule has 0 aliphatic carbocycles. The lowest BCUT2D eigenvalue weighted by molar-refractivity contribution is -0.132. The number of methoxy groups -OCH3 is 1. The average molecular weight is 486 g/mol. The summed E-state index contributed by atoms with van der Waals surface area (Å²) in [5.41, 5.74) is 4.54. The summed E-state index contributed by atoms with van der Waals surface area (Å²) in [5, 5.41) is 11.5. The Kier molecular flexibility index (Phi) is 7.15. The van der Waals surface area contributed by atoms with Crippen molar-refractivity contribution in [3.63, 3.8) is 0 Å². The number of hydrogen-bond acceptors (Lipinski definition) is 5. The second-order valence-corrected chi connectivity index (χ2v) is 9.01. The second kappa shape index (κ2) is 10.3. The fourth-order valence-electron chi connectivity index (χ4n) is 4.49. The van der Waals surface area contributed by atoms with Gasteiger partial charge in [-0.15, -0.1) is 0 Å². The molecule has 0 bridgehead atoms. The molecule has 1 aliphatic rings. The molecule has 1 atom stereocenters. The quantitative estimate of drug-likeness (QED) is 0.251. The zero-order valence-corrected chi connectivity index (χ0v) is 21.3. The molecule has 0 aromatic heterocycles. The maximum Gasteiger partial charge on any atom is 0.300 e. The Morgan fingerprint density at radius 1 is 0.917 bits per heavy atom. The van der Waals surface area contributed by atoms with Crippen LogP contribution in [0.3, 0.4) is 0 Å². The molecule has 1 N–H and O–H groups in total. The number of carbonyl (C=O) groups excluding carboxylic acids is 2. The number of aryl methyl sites for hydroxylation is 3. The first kappa shape index (κ1) is 25.0. The van der Waals surface area contributed by atoms with Gasteiger partial charge in [-0.3, -0.25) is 14.5 Å². The van der Waals surface area contributed by atoms with Gasteiger partial charge in [0.15, 0.2) is 0 Å². The fraction of sp³-hybridized carbons (Fsp3) is 0.267. The first-order valence-corrected chi connectivity index (χ1v) is 12.0.